The van der Waals surface area contributed by atoms with Gasteiger partial charge in [0, 0.05) is 25.3 Å². The Bertz CT molecular complexity index is 432. The van der Waals surface area contributed by atoms with Gasteiger partial charge in [0.05, 0.1) is 0 Å². The Labute approximate surface area is 131 Å². The minimum absolute atomic E-state index is 0.304. The SMILES string of the molecule is CCCNC(CCN(C)c1ccc(C)cc1C)C(C)(C)C. The summed E-state index contributed by atoms with van der Waals surface area (Å²) >= 11 is 0. The number of benzene rings is 1. The minimum atomic E-state index is 0.304. The van der Waals surface area contributed by atoms with Crippen molar-refractivity contribution < 1.29 is 0 Å². The van der Waals surface area contributed by atoms with Crippen LogP contribution in [0.15, 0.2) is 18.2 Å². The van der Waals surface area contributed by atoms with E-state index in [1.165, 1.54) is 29.7 Å². The predicted molar refractivity (Wildman–Crippen MR) is 95.3 cm³/mol. The van der Waals surface area contributed by atoms with Crippen molar-refractivity contribution in [3.05, 3.63) is 29.3 Å². The summed E-state index contributed by atoms with van der Waals surface area (Å²) < 4.78 is 0. The molecule has 1 aromatic carbocycles. The first-order valence-electron chi connectivity index (χ1n) is 8.27. The standard InChI is InChI=1S/C19H34N2/c1-8-12-20-18(19(4,5)6)11-13-21(7)17-10-9-15(2)14-16(17)3/h9-10,14,18,20H,8,11-13H2,1-7H3. The van der Waals surface area contributed by atoms with E-state index in [2.05, 4.69) is 77.0 Å². The molecule has 120 valence electrons. The number of rotatable bonds is 7. The fourth-order valence-electron chi connectivity index (χ4n) is 2.84. The van der Waals surface area contributed by atoms with Crippen molar-refractivity contribution >= 4 is 5.69 Å². The van der Waals surface area contributed by atoms with Crippen molar-refractivity contribution in [2.45, 2.75) is 60.4 Å². The summed E-state index contributed by atoms with van der Waals surface area (Å²) in [5.41, 5.74) is 4.36. The molecule has 1 aromatic rings. The molecule has 0 radical (unpaired) electrons. The van der Waals surface area contributed by atoms with Crippen molar-refractivity contribution in [2.24, 2.45) is 5.41 Å². The second-order valence-corrected chi connectivity index (χ2v) is 7.37. The zero-order valence-electron chi connectivity index (χ0n) is 15.1. The van der Waals surface area contributed by atoms with Crippen LogP contribution < -0.4 is 10.2 Å². The van der Waals surface area contributed by atoms with E-state index in [0.29, 0.717) is 11.5 Å². The molecule has 0 saturated heterocycles. The number of nitrogens with zero attached hydrogens (tertiary/aromatic N) is 1. The molecule has 0 heterocycles. The zero-order chi connectivity index (χ0) is 16.0. The fraction of sp³-hybridized carbons (Fsp3) is 0.684. The van der Waals surface area contributed by atoms with Gasteiger partial charge in [-0.3, -0.25) is 0 Å². The van der Waals surface area contributed by atoms with E-state index >= 15 is 0 Å². The van der Waals surface area contributed by atoms with E-state index in [1.54, 1.807) is 0 Å². The van der Waals surface area contributed by atoms with Crippen molar-refractivity contribution in [1.29, 1.82) is 0 Å². The molecule has 0 aliphatic rings. The topological polar surface area (TPSA) is 15.3 Å². The highest BCUT2D eigenvalue weighted by atomic mass is 15.1. The van der Waals surface area contributed by atoms with Gasteiger partial charge in [0.2, 0.25) is 0 Å². The number of hydrogen-bond acceptors (Lipinski definition) is 2. The van der Waals surface area contributed by atoms with Crippen molar-refractivity contribution in [3.8, 4) is 0 Å². The van der Waals surface area contributed by atoms with E-state index in [9.17, 15) is 0 Å². The first-order chi connectivity index (χ1) is 9.75. The van der Waals surface area contributed by atoms with Gasteiger partial charge in [-0.1, -0.05) is 45.4 Å². The Morgan fingerprint density at radius 1 is 1.19 bits per heavy atom. The lowest BCUT2D eigenvalue weighted by Gasteiger charge is -2.33. The largest absolute Gasteiger partial charge is 0.374 e. The Morgan fingerprint density at radius 3 is 2.38 bits per heavy atom. The van der Waals surface area contributed by atoms with Crippen molar-refractivity contribution in [3.63, 3.8) is 0 Å². The Kier molecular flexibility index (Phi) is 6.73. The van der Waals surface area contributed by atoms with E-state index in [4.69, 9.17) is 0 Å². The third-order valence-electron chi connectivity index (χ3n) is 4.20. The van der Waals surface area contributed by atoms with Crippen molar-refractivity contribution in [1.82, 2.24) is 5.32 Å². The van der Waals surface area contributed by atoms with Crippen LogP contribution in [0.1, 0.15) is 51.7 Å². The molecule has 2 nitrogen and oxygen atoms in total. The van der Waals surface area contributed by atoms with Crippen LogP contribution >= 0.6 is 0 Å². The average molecular weight is 290 g/mol. The molecule has 0 aliphatic heterocycles. The lowest BCUT2D eigenvalue weighted by atomic mass is 9.84. The van der Waals surface area contributed by atoms with Crippen LogP contribution in [-0.4, -0.2) is 26.2 Å². The average Bonchev–Trinajstić information content (AvgIpc) is 2.36. The molecule has 1 atom stereocenters. The summed E-state index contributed by atoms with van der Waals surface area (Å²) in [5, 5.41) is 3.71. The molecule has 0 saturated carbocycles. The van der Waals surface area contributed by atoms with Gasteiger partial charge in [0.25, 0.3) is 0 Å². The third-order valence-corrected chi connectivity index (χ3v) is 4.20. The second kappa shape index (κ2) is 7.84. The highest BCUT2D eigenvalue weighted by molar-refractivity contribution is 5.53. The summed E-state index contributed by atoms with van der Waals surface area (Å²) in [6.45, 7) is 15.8. The zero-order valence-corrected chi connectivity index (χ0v) is 15.1. The molecular formula is C19H34N2. The fourth-order valence-corrected chi connectivity index (χ4v) is 2.84. The Hall–Kier alpha value is -1.02. The normalized spacial score (nSPS) is 13.3. The van der Waals surface area contributed by atoms with Gasteiger partial charge in [-0.15, -0.1) is 0 Å². The molecular weight excluding hydrogens is 256 g/mol. The van der Waals surface area contributed by atoms with Crippen LogP contribution in [0.5, 0.6) is 0 Å². The quantitative estimate of drug-likeness (QED) is 0.793. The molecule has 0 aromatic heterocycles. The number of hydrogen-bond donors (Lipinski definition) is 1. The minimum Gasteiger partial charge on any atom is -0.374 e. The molecule has 0 fully saturated rings. The molecule has 0 amide bonds. The summed E-state index contributed by atoms with van der Waals surface area (Å²) in [6.07, 6.45) is 2.37. The van der Waals surface area contributed by atoms with Crippen LogP contribution in [0.4, 0.5) is 5.69 Å². The summed E-state index contributed by atoms with van der Waals surface area (Å²) in [5.74, 6) is 0. The van der Waals surface area contributed by atoms with Gasteiger partial charge in [-0.05, 0) is 50.3 Å². The van der Waals surface area contributed by atoms with E-state index in [0.717, 1.165) is 13.1 Å². The summed E-state index contributed by atoms with van der Waals surface area (Å²) in [4.78, 5) is 2.39. The molecule has 2 heteroatoms. The van der Waals surface area contributed by atoms with Crippen LogP contribution in [0.25, 0.3) is 0 Å². The molecule has 1 N–H and O–H groups in total. The lowest BCUT2D eigenvalue weighted by Crippen LogP contribution is -2.42. The van der Waals surface area contributed by atoms with Crippen LogP contribution in [-0.2, 0) is 0 Å². The van der Waals surface area contributed by atoms with Gasteiger partial charge in [0.1, 0.15) is 0 Å². The van der Waals surface area contributed by atoms with Crippen molar-refractivity contribution in [2.75, 3.05) is 25.0 Å². The lowest BCUT2D eigenvalue weighted by molar-refractivity contribution is 0.257. The summed E-state index contributed by atoms with van der Waals surface area (Å²) in [7, 11) is 2.21. The van der Waals surface area contributed by atoms with Gasteiger partial charge < -0.3 is 10.2 Å². The highest BCUT2D eigenvalue weighted by Gasteiger charge is 2.24. The van der Waals surface area contributed by atoms with Crippen LogP contribution in [0, 0.1) is 19.3 Å². The highest BCUT2D eigenvalue weighted by Crippen LogP contribution is 2.24. The van der Waals surface area contributed by atoms with Gasteiger partial charge in [-0.2, -0.15) is 0 Å². The number of aryl methyl sites for hydroxylation is 2. The Morgan fingerprint density at radius 2 is 1.86 bits per heavy atom. The molecule has 21 heavy (non-hydrogen) atoms. The first kappa shape index (κ1) is 18.0. The van der Waals surface area contributed by atoms with Crippen LogP contribution in [0.2, 0.25) is 0 Å². The first-order valence-corrected chi connectivity index (χ1v) is 8.27. The maximum atomic E-state index is 3.71. The van der Waals surface area contributed by atoms with E-state index < -0.39 is 0 Å². The maximum absolute atomic E-state index is 3.71. The number of nitrogens with one attached hydrogen (secondary N) is 1. The van der Waals surface area contributed by atoms with E-state index in [1.807, 2.05) is 0 Å². The molecule has 1 rings (SSSR count). The number of anilines is 1. The third kappa shape index (κ3) is 5.70. The predicted octanol–water partition coefficient (Wildman–Crippen LogP) is 4.54. The molecule has 0 aliphatic carbocycles. The molecule has 0 bridgehead atoms. The van der Waals surface area contributed by atoms with Gasteiger partial charge in [0.15, 0.2) is 0 Å². The second-order valence-electron chi connectivity index (χ2n) is 7.37. The van der Waals surface area contributed by atoms with E-state index in [-0.39, 0.29) is 0 Å². The smallest absolute Gasteiger partial charge is 0.0393 e. The molecule has 1 unspecified atom stereocenters. The molecule has 0 spiro atoms. The van der Waals surface area contributed by atoms with Crippen LogP contribution in [0.3, 0.4) is 0 Å². The summed E-state index contributed by atoms with van der Waals surface area (Å²) in [6, 6.07) is 7.28. The van der Waals surface area contributed by atoms with Gasteiger partial charge in [-0.25, -0.2) is 0 Å². The maximum Gasteiger partial charge on any atom is 0.0393 e. The monoisotopic (exact) mass is 290 g/mol. The van der Waals surface area contributed by atoms with Gasteiger partial charge >= 0.3 is 0 Å². The Balaban J connectivity index is 2.66.